The van der Waals surface area contributed by atoms with Gasteiger partial charge in [-0.2, -0.15) is 0 Å². The van der Waals surface area contributed by atoms with E-state index in [0.29, 0.717) is 0 Å². The molecule has 13 nitrogen and oxygen atoms in total. The minimum atomic E-state index is -1.57. The molecule has 2 rings (SSSR count). The van der Waals surface area contributed by atoms with Crippen LogP contribution in [0.3, 0.4) is 0 Å². The van der Waals surface area contributed by atoms with Crippen molar-refractivity contribution in [3.63, 3.8) is 0 Å². The highest BCUT2D eigenvalue weighted by Crippen LogP contribution is 2.20. The van der Waals surface area contributed by atoms with Gasteiger partial charge in [0.15, 0.2) is 12.6 Å². The van der Waals surface area contributed by atoms with E-state index in [-0.39, 0.29) is 0 Å². The Kier molecular flexibility index (Phi) is 9.40. The summed E-state index contributed by atoms with van der Waals surface area (Å²) >= 11 is 0. The molecule has 0 radical (unpaired) electrons. The number of rotatable bonds is 3. The highest BCUT2D eigenvalue weighted by Gasteiger charge is 2.44. The third-order valence-electron chi connectivity index (χ3n) is 4.14. The molecule has 2 saturated heterocycles. The molecule has 27 heavy (non-hydrogen) atoms. The summed E-state index contributed by atoms with van der Waals surface area (Å²) in [6.45, 7) is 0.161. The second-order valence-electron chi connectivity index (χ2n) is 6.17. The fraction of sp³-hybridized carbons (Fsp3) is 0.929. The molecule has 1 amide bonds. The van der Waals surface area contributed by atoms with Crippen molar-refractivity contribution in [2.24, 2.45) is 0 Å². The lowest BCUT2D eigenvalue weighted by atomic mass is 9.97. The molecule has 0 aromatic heterocycles. The molecular formula is C14H27NO12. The lowest BCUT2D eigenvalue weighted by Crippen LogP contribution is -2.63. The lowest BCUT2D eigenvalue weighted by molar-refractivity contribution is -0.286. The highest BCUT2D eigenvalue weighted by molar-refractivity contribution is 5.73. The molecule has 2 fully saturated rings. The first-order valence-corrected chi connectivity index (χ1v) is 8.11. The minimum absolute atomic E-state index is 0.462. The minimum Gasteiger partial charge on any atom is -0.394 e. The van der Waals surface area contributed by atoms with E-state index in [1.54, 1.807) is 0 Å². The number of carbonyl (C=O) groups is 1. The van der Waals surface area contributed by atoms with Gasteiger partial charge in [-0.15, -0.1) is 0 Å². The van der Waals surface area contributed by atoms with E-state index in [0.717, 1.165) is 0 Å². The lowest BCUT2D eigenvalue weighted by Gasteiger charge is -2.40. The number of hydrogen-bond donors (Lipinski definition) is 10. The maximum atomic E-state index is 10.7. The van der Waals surface area contributed by atoms with E-state index < -0.39 is 80.5 Å². The van der Waals surface area contributed by atoms with Gasteiger partial charge in [0.05, 0.1) is 13.2 Å². The van der Waals surface area contributed by atoms with Crippen LogP contribution in [-0.4, -0.2) is 126 Å². The summed E-state index contributed by atoms with van der Waals surface area (Å²) in [5.74, 6) is -0.462. The van der Waals surface area contributed by atoms with Crippen molar-refractivity contribution in [2.75, 3.05) is 13.2 Å². The summed E-state index contributed by atoms with van der Waals surface area (Å²) in [5.41, 5.74) is 0. The number of hydrogen-bond acceptors (Lipinski definition) is 12. The molecule has 0 spiro atoms. The van der Waals surface area contributed by atoms with Gasteiger partial charge in [-0.3, -0.25) is 4.79 Å². The predicted molar refractivity (Wildman–Crippen MR) is 83.6 cm³/mol. The monoisotopic (exact) mass is 401 g/mol. The van der Waals surface area contributed by atoms with Crippen molar-refractivity contribution in [1.29, 1.82) is 0 Å². The molecular weight excluding hydrogens is 374 g/mol. The summed E-state index contributed by atoms with van der Waals surface area (Å²) in [6, 6.07) is -1.10. The zero-order chi connectivity index (χ0) is 20.9. The smallest absolute Gasteiger partial charge is 0.217 e. The third-order valence-corrected chi connectivity index (χ3v) is 4.14. The molecule has 2 heterocycles. The Morgan fingerprint density at radius 3 is 1.63 bits per heavy atom. The predicted octanol–water partition coefficient (Wildman–Crippen LogP) is -6.30. The van der Waals surface area contributed by atoms with Crippen LogP contribution in [0.15, 0.2) is 0 Å². The van der Waals surface area contributed by atoms with Crippen LogP contribution in [0.5, 0.6) is 0 Å². The molecule has 2 aliphatic heterocycles. The van der Waals surface area contributed by atoms with Crippen molar-refractivity contribution in [2.45, 2.75) is 68.3 Å². The van der Waals surface area contributed by atoms with E-state index >= 15 is 0 Å². The van der Waals surface area contributed by atoms with Gasteiger partial charge in [0.25, 0.3) is 0 Å². The van der Waals surface area contributed by atoms with Crippen LogP contribution in [0.1, 0.15) is 6.92 Å². The summed E-state index contributed by atoms with van der Waals surface area (Å²) < 4.78 is 9.39. The average molecular weight is 401 g/mol. The van der Waals surface area contributed by atoms with Crippen LogP contribution < -0.4 is 5.32 Å². The summed E-state index contributed by atoms with van der Waals surface area (Å²) in [4.78, 5) is 10.7. The van der Waals surface area contributed by atoms with Gasteiger partial charge in [0.2, 0.25) is 5.91 Å². The second-order valence-corrected chi connectivity index (χ2v) is 6.17. The number of carbonyl (C=O) groups excluding carboxylic acids is 1. The van der Waals surface area contributed by atoms with Crippen molar-refractivity contribution in [3.05, 3.63) is 0 Å². The molecule has 0 bridgehead atoms. The largest absolute Gasteiger partial charge is 0.394 e. The maximum absolute atomic E-state index is 10.7. The SMILES string of the molecule is CC(=O)N[C@H]1C(O)O[C@H](CO)[C@H](O)[C@@H]1O.OCC1OC(O)C(O)C(O)C1O. The molecule has 0 aromatic carbocycles. The molecule has 0 aromatic rings. The van der Waals surface area contributed by atoms with Crippen LogP contribution in [0, 0.1) is 0 Å². The first-order valence-electron chi connectivity index (χ1n) is 8.11. The first kappa shape index (κ1) is 24.1. The fourth-order valence-corrected chi connectivity index (χ4v) is 2.57. The van der Waals surface area contributed by atoms with Gasteiger partial charge in [0.1, 0.15) is 48.8 Å². The Morgan fingerprint density at radius 1 is 0.741 bits per heavy atom. The highest BCUT2D eigenvalue weighted by atomic mass is 16.6. The van der Waals surface area contributed by atoms with Gasteiger partial charge in [-0.25, -0.2) is 0 Å². The molecule has 10 atom stereocenters. The Morgan fingerprint density at radius 2 is 1.19 bits per heavy atom. The van der Waals surface area contributed by atoms with Gasteiger partial charge in [0, 0.05) is 6.92 Å². The summed E-state index contributed by atoms with van der Waals surface area (Å²) in [7, 11) is 0. The molecule has 2 aliphatic rings. The number of amides is 1. The van der Waals surface area contributed by atoms with Crippen molar-refractivity contribution in [3.8, 4) is 0 Å². The maximum Gasteiger partial charge on any atom is 0.217 e. The van der Waals surface area contributed by atoms with Crippen molar-refractivity contribution >= 4 is 5.91 Å². The van der Waals surface area contributed by atoms with Crippen LogP contribution >= 0.6 is 0 Å². The Hall–Kier alpha value is -0.970. The van der Waals surface area contributed by atoms with E-state index in [2.05, 4.69) is 10.1 Å². The number of ether oxygens (including phenoxy) is 2. The summed E-state index contributed by atoms with van der Waals surface area (Å²) in [6.07, 6.45) is -12.3. The number of nitrogens with one attached hydrogen (secondary N) is 1. The van der Waals surface area contributed by atoms with Gasteiger partial charge >= 0.3 is 0 Å². The molecule has 6 unspecified atom stereocenters. The molecule has 0 saturated carbocycles. The average Bonchev–Trinajstić information content (AvgIpc) is 2.63. The van der Waals surface area contributed by atoms with Crippen molar-refractivity contribution in [1.82, 2.24) is 5.32 Å². The van der Waals surface area contributed by atoms with Gasteiger partial charge in [-0.05, 0) is 0 Å². The molecule has 13 heteroatoms. The van der Waals surface area contributed by atoms with Crippen LogP contribution in [0.4, 0.5) is 0 Å². The third kappa shape index (κ3) is 6.00. The van der Waals surface area contributed by atoms with E-state index in [1.807, 2.05) is 0 Å². The Bertz CT molecular complexity index is 463. The molecule has 0 aliphatic carbocycles. The Labute approximate surface area is 154 Å². The zero-order valence-corrected chi connectivity index (χ0v) is 14.4. The van der Waals surface area contributed by atoms with Gasteiger partial charge < -0.3 is 60.7 Å². The second kappa shape index (κ2) is 10.5. The van der Waals surface area contributed by atoms with Crippen LogP contribution in [-0.2, 0) is 14.3 Å². The van der Waals surface area contributed by atoms with Gasteiger partial charge in [-0.1, -0.05) is 0 Å². The van der Waals surface area contributed by atoms with E-state index in [9.17, 15) is 20.1 Å². The zero-order valence-electron chi connectivity index (χ0n) is 14.4. The Balaban J connectivity index is 0.000000277. The fourth-order valence-electron chi connectivity index (χ4n) is 2.57. The van der Waals surface area contributed by atoms with E-state index in [1.165, 1.54) is 6.92 Å². The molecule has 10 N–H and O–H groups in total. The standard InChI is InChI=1S/C8H15NO6.C6H12O6/c1-3(11)9-5-7(13)6(12)4(2-10)15-8(5)14;7-1-2-3(8)4(9)5(10)6(11)12-2/h4-8,10,12-14H,2H2,1H3,(H,9,11);2-11H,1H2/t4-,5-,6+,7-,8?;/m1./s1. The van der Waals surface area contributed by atoms with Crippen LogP contribution in [0.25, 0.3) is 0 Å². The normalized spacial score (nSPS) is 44.8. The summed E-state index contributed by atoms with van der Waals surface area (Å²) in [5, 5.41) is 84.1. The van der Waals surface area contributed by atoms with Crippen LogP contribution in [0.2, 0.25) is 0 Å². The molecule has 160 valence electrons. The first-order chi connectivity index (χ1) is 12.5. The quantitative estimate of drug-likeness (QED) is 0.213. The van der Waals surface area contributed by atoms with E-state index in [4.69, 9.17) is 35.4 Å². The van der Waals surface area contributed by atoms with Crippen molar-refractivity contribution < 1.29 is 60.2 Å². The number of aliphatic hydroxyl groups is 9. The number of aliphatic hydroxyl groups excluding tert-OH is 9. The topological polar surface area (TPSA) is 230 Å².